The Kier molecular flexibility index (Phi) is 7.53. The lowest BCUT2D eigenvalue weighted by atomic mass is 10.2. The molecule has 0 aromatic heterocycles. The maximum Gasteiger partial charge on any atom is 0.345 e. The summed E-state index contributed by atoms with van der Waals surface area (Å²) in [4.78, 5) is 22.9. The number of ether oxygens (including phenoxy) is 3. The zero-order chi connectivity index (χ0) is 15.7. The fraction of sp³-hybridized carbons (Fsp3) is 0.333. The third kappa shape index (κ3) is 5.99. The highest BCUT2D eigenvalue weighted by Crippen LogP contribution is 2.23. The van der Waals surface area contributed by atoms with E-state index in [2.05, 4.69) is 15.9 Å². The molecular formula is C15H17BrO5. The molecule has 1 aromatic carbocycles. The van der Waals surface area contributed by atoms with Crippen LogP contribution in [0.5, 0.6) is 5.75 Å². The molecule has 21 heavy (non-hydrogen) atoms. The van der Waals surface area contributed by atoms with E-state index in [1.54, 1.807) is 44.2 Å². The largest absolute Gasteiger partial charge is 0.481 e. The minimum atomic E-state index is -0.460. The first-order valence-electron chi connectivity index (χ1n) is 6.50. The zero-order valence-electron chi connectivity index (χ0n) is 11.9. The van der Waals surface area contributed by atoms with Crippen molar-refractivity contribution < 1.29 is 23.8 Å². The quantitative estimate of drug-likeness (QED) is 0.555. The van der Waals surface area contributed by atoms with Crippen LogP contribution in [0.15, 0.2) is 28.7 Å². The van der Waals surface area contributed by atoms with Crippen LogP contribution in [0, 0.1) is 0 Å². The van der Waals surface area contributed by atoms with E-state index in [0.29, 0.717) is 24.5 Å². The van der Waals surface area contributed by atoms with Crippen molar-refractivity contribution in [3.8, 4) is 5.75 Å². The second kappa shape index (κ2) is 9.18. The maximum absolute atomic E-state index is 11.6. The second-order valence-electron chi connectivity index (χ2n) is 3.84. The number of halogens is 1. The number of hydrogen-bond acceptors (Lipinski definition) is 5. The van der Waals surface area contributed by atoms with Crippen LogP contribution in [0.1, 0.15) is 19.4 Å². The van der Waals surface area contributed by atoms with Crippen molar-refractivity contribution >= 4 is 33.9 Å². The lowest BCUT2D eigenvalue weighted by Gasteiger charge is -2.09. The van der Waals surface area contributed by atoms with Crippen LogP contribution in [0.4, 0.5) is 0 Å². The minimum Gasteiger partial charge on any atom is -0.481 e. The van der Waals surface area contributed by atoms with Gasteiger partial charge < -0.3 is 14.2 Å². The minimum absolute atomic E-state index is 0.185. The van der Waals surface area contributed by atoms with Crippen LogP contribution in [0.2, 0.25) is 0 Å². The Labute approximate surface area is 132 Å². The van der Waals surface area contributed by atoms with Crippen molar-refractivity contribution in [1.29, 1.82) is 0 Å². The molecule has 1 aromatic rings. The van der Waals surface area contributed by atoms with E-state index < -0.39 is 11.9 Å². The van der Waals surface area contributed by atoms with Crippen molar-refractivity contribution in [1.82, 2.24) is 0 Å². The first kappa shape index (κ1) is 17.2. The molecule has 0 aliphatic rings. The molecule has 0 aliphatic heterocycles. The predicted molar refractivity (Wildman–Crippen MR) is 82.1 cm³/mol. The highest BCUT2D eigenvalue weighted by atomic mass is 79.9. The third-order valence-electron chi connectivity index (χ3n) is 2.32. The molecule has 0 fully saturated rings. The van der Waals surface area contributed by atoms with E-state index in [9.17, 15) is 9.59 Å². The van der Waals surface area contributed by atoms with Crippen LogP contribution in [-0.4, -0.2) is 31.8 Å². The molecule has 0 radical (unpaired) electrons. The molecule has 0 spiro atoms. The van der Waals surface area contributed by atoms with Crippen LogP contribution >= 0.6 is 15.9 Å². The van der Waals surface area contributed by atoms with Crippen molar-refractivity contribution in [2.45, 2.75) is 13.8 Å². The molecule has 0 saturated heterocycles. The number of rotatable bonds is 7. The van der Waals surface area contributed by atoms with Crippen LogP contribution in [0.25, 0.3) is 6.08 Å². The summed E-state index contributed by atoms with van der Waals surface area (Å²) in [6.07, 6.45) is 1.58. The number of hydrogen-bond donors (Lipinski definition) is 0. The molecule has 114 valence electrons. The van der Waals surface area contributed by atoms with Gasteiger partial charge in [0.2, 0.25) is 0 Å². The van der Waals surface area contributed by atoms with Gasteiger partial charge in [-0.2, -0.15) is 0 Å². The lowest BCUT2D eigenvalue weighted by Crippen LogP contribution is -2.15. The summed E-state index contributed by atoms with van der Waals surface area (Å²) in [6, 6.07) is 7.04. The third-order valence-corrected chi connectivity index (χ3v) is 2.88. The van der Waals surface area contributed by atoms with Gasteiger partial charge in [0.25, 0.3) is 0 Å². The van der Waals surface area contributed by atoms with Crippen LogP contribution in [0.3, 0.4) is 0 Å². The van der Waals surface area contributed by atoms with Gasteiger partial charge in [-0.15, -0.1) is 0 Å². The summed E-state index contributed by atoms with van der Waals surface area (Å²) in [5.41, 5.74) is 0.654. The molecule has 0 saturated carbocycles. The molecule has 0 unspecified atom stereocenters. The summed E-state index contributed by atoms with van der Waals surface area (Å²) in [6.45, 7) is 3.87. The van der Waals surface area contributed by atoms with E-state index in [-0.39, 0.29) is 11.1 Å². The van der Waals surface area contributed by atoms with Crippen molar-refractivity contribution in [2.75, 3.05) is 19.8 Å². The predicted octanol–water partition coefficient (Wildman–Crippen LogP) is 2.93. The number of esters is 2. The summed E-state index contributed by atoms with van der Waals surface area (Å²) in [7, 11) is 0. The number of carbonyl (C=O) groups is 2. The van der Waals surface area contributed by atoms with Gasteiger partial charge >= 0.3 is 11.9 Å². The van der Waals surface area contributed by atoms with Crippen LogP contribution in [-0.2, 0) is 19.1 Å². The molecule has 5 nitrogen and oxygen atoms in total. The Morgan fingerprint density at radius 3 is 2.48 bits per heavy atom. The lowest BCUT2D eigenvalue weighted by molar-refractivity contribution is -0.145. The van der Waals surface area contributed by atoms with E-state index >= 15 is 0 Å². The van der Waals surface area contributed by atoms with E-state index in [0.717, 1.165) is 0 Å². The normalized spacial score (nSPS) is 10.9. The Hall–Kier alpha value is -1.82. The zero-order valence-corrected chi connectivity index (χ0v) is 13.5. The number of benzene rings is 1. The molecule has 0 atom stereocenters. The monoisotopic (exact) mass is 356 g/mol. The van der Waals surface area contributed by atoms with Crippen molar-refractivity contribution in [3.05, 3.63) is 34.3 Å². The number of carbonyl (C=O) groups excluding carboxylic acids is 2. The van der Waals surface area contributed by atoms with Crippen molar-refractivity contribution in [2.24, 2.45) is 0 Å². The first-order chi connectivity index (χ1) is 10.1. The average molecular weight is 357 g/mol. The smallest absolute Gasteiger partial charge is 0.345 e. The van der Waals surface area contributed by atoms with Crippen molar-refractivity contribution in [3.63, 3.8) is 0 Å². The fourth-order valence-corrected chi connectivity index (χ4v) is 1.83. The summed E-state index contributed by atoms with van der Waals surface area (Å²) < 4.78 is 15.3. The van der Waals surface area contributed by atoms with Gasteiger partial charge in [0, 0.05) is 5.56 Å². The Morgan fingerprint density at radius 1 is 1.14 bits per heavy atom. The standard InChI is InChI=1S/C15H17BrO5/c1-3-19-14(17)10-21-13-8-6-5-7-11(13)9-12(16)15(18)20-4-2/h5-9H,3-4,10H2,1-2H3/b12-9-. The molecule has 6 heteroatoms. The average Bonchev–Trinajstić information content (AvgIpc) is 2.47. The van der Waals surface area contributed by atoms with E-state index in [4.69, 9.17) is 14.2 Å². The SMILES string of the molecule is CCOC(=O)COc1ccccc1/C=C(\Br)C(=O)OCC. The summed E-state index contributed by atoms with van der Waals surface area (Å²) in [5, 5.41) is 0. The fourth-order valence-electron chi connectivity index (χ4n) is 1.47. The Balaban J connectivity index is 2.81. The Morgan fingerprint density at radius 2 is 1.81 bits per heavy atom. The molecule has 1 rings (SSSR count). The molecule has 0 N–H and O–H groups in total. The summed E-state index contributed by atoms with van der Waals surface area (Å²) >= 11 is 3.16. The summed E-state index contributed by atoms with van der Waals surface area (Å²) in [5.74, 6) is -0.426. The Bertz CT molecular complexity index is 525. The highest BCUT2D eigenvalue weighted by molar-refractivity contribution is 9.12. The van der Waals surface area contributed by atoms with Gasteiger partial charge in [-0.3, -0.25) is 0 Å². The first-order valence-corrected chi connectivity index (χ1v) is 7.29. The van der Waals surface area contributed by atoms with Gasteiger partial charge in [-0.05, 0) is 41.9 Å². The molecule has 0 amide bonds. The maximum atomic E-state index is 11.6. The van der Waals surface area contributed by atoms with E-state index in [1.165, 1.54) is 0 Å². The van der Waals surface area contributed by atoms with Crippen LogP contribution < -0.4 is 4.74 Å². The van der Waals surface area contributed by atoms with E-state index in [1.807, 2.05) is 0 Å². The van der Waals surface area contributed by atoms with Gasteiger partial charge in [0.15, 0.2) is 6.61 Å². The molecule has 0 bridgehead atoms. The van der Waals surface area contributed by atoms with Gasteiger partial charge in [0.1, 0.15) is 10.2 Å². The van der Waals surface area contributed by atoms with Gasteiger partial charge in [0.05, 0.1) is 13.2 Å². The van der Waals surface area contributed by atoms with Gasteiger partial charge in [-0.25, -0.2) is 9.59 Å². The topological polar surface area (TPSA) is 61.8 Å². The second-order valence-corrected chi connectivity index (χ2v) is 4.70. The molecular weight excluding hydrogens is 340 g/mol. The molecule has 0 heterocycles. The molecule has 0 aliphatic carbocycles. The number of para-hydroxylation sites is 1. The van der Waals surface area contributed by atoms with Gasteiger partial charge in [-0.1, -0.05) is 18.2 Å². The highest BCUT2D eigenvalue weighted by Gasteiger charge is 2.10.